The Kier molecular flexibility index (Phi) is 23.9. The van der Waals surface area contributed by atoms with E-state index < -0.39 is 23.9 Å². The molecule has 0 unspecified atom stereocenters. The van der Waals surface area contributed by atoms with Crippen LogP contribution in [0.2, 0.25) is 0 Å². The van der Waals surface area contributed by atoms with Crippen LogP contribution in [0.5, 0.6) is 0 Å². The van der Waals surface area contributed by atoms with E-state index in [1.807, 2.05) is 146 Å². The van der Waals surface area contributed by atoms with Gasteiger partial charge in [-0.3, -0.25) is 29.5 Å². The summed E-state index contributed by atoms with van der Waals surface area (Å²) in [4.78, 5) is 80.9. The normalized spacial score (nSPS) is 11.1. The number of nitrogens with zero attached hydrogens (tertiary/aromatic N) is 20. The van der Waals surface area contributed by atoms with Crippen LogP contribution >= 0.6 is 63.7 Å². The zero-order chi connectivity index (χ0) is 89.0. The highest BCUT2D eigenvalue weighted by molar-refractivity contribution is 9.11. The van der Waals surface area contributed by atoms with Crippen LogP contribution in [0.25, 0.3) is 146 Å². The number of nitrogens with two attached hydrogens (primary N) is 4. The van der Waals surface area contributed by atoms with Gasteiger partial charge in [-0.2, -0.15) is 48.7 Å². The van der Waals surface area contributed by atoms with Gasteiger partial charge in [-0.25, -0.2) is 38.9 Å². The van der Waals surface area contributed by atoms with Gasteiger partial charge in [0, 0.05) is 127 Å². The van der Waals surface area contributed by atoms with Gasteiger partial charge in [0.25, 0.3) is 0 Å². The molecule has 628 valence electrons. The predicted octanol–water partition coefficient (Wildman–Crippen LogP) is 17.6. The van der Waals surface area contributed by atoms with Crippen LogP contribution in [0.4, 0.5) is 23.3 Å². The van der Waals surface area contributed by atoms with Crippen molar-refractivity contribution in [2.45, 2.75) is 12.8 Å². The molecule has 14 aromatic heterocycles. The molecule has 0 saturated carbocycles. The number of aromatic nitrogens is 20. The average Bonchev–Trinajstić information content (AvgIpc) is 1.64. The Balaban J connectivity index is 0.000000120. The van der Waals surface area contributed by atoms with E-state index in [2.05, 4.69) is 114 Å². The number of benzene rings is 6. The quantitative estimate of drug-likeness (QED) is 0.0395. The fourth-order valence-electron chi connectivity index (χ4n) is 13.9. The van der Waals surface area contributed by atoms with Gasteiger partial charge in [-0.05, 0) is 160 Å². The lowest BCUT2D eigenvalue weighted by atomic mass is 10.1. The van der Waals surface area contributed by atoms with Crippen LogP contribution in [-0.4, -0.2) is 142 Å². The van der Waals surface area contributed by atoms with Crippen molar-refractivity contribution < 1.29 is 39.6 Å². The van der Waals surface area contributed by atoms with Gasteiger partial charge in [-0.15, -0.1) is 0 Å². The van der Waals surface area contributed by atoms with Gasteiger partial charge in [-0.1, -0.05) is 121 Å². The van der Waals surface area contributed by atoms with Gasteiger partial charge < -0.3 is 43.4 Å². The van der Waals surface area contributed by atoms with Crippen molar-refractivity contribution in [1.82, 2.24) is 97.9 Å². The number of pyridine rings is 4. The molecule has 20 rings (SSSR count). The predicted molar refractivity (Wildman–Crippen MR) is 497 cm³/mol. The molecule has 32 nitrogen and oxygen atoms in total. The Morgan fingerprint density at radius 2 is 0.594 bits per heavy atom. The molecular formula is C92H64Br4N24O8. The van der Waals surface area contributed by atoms with Crippen LogP contribution < -0.4 is 22.9 Å². The van der Waals surface area contributed by atoms with Crippen molar-refractivity contribution in [2.24, 2.45) is 0 Å². The molecule has 36 heteroatoms. The molecule has 0 aliphatic rings. The first kappa shape index (κ1) is 84.1. The number of para-hydroxylation sites is 2. The SMILES string of the molecule is Nc1c(Br)c(-c2ccc(C(=O)O)cc2)nc2c(-c3ccc(-c4cccnc4)nc3)cnn12.Nc1c(Br)c(-c2ccc(C(=O)O)cc2)nc2c(-c3cnn(-c4ccccc4)c3)cnn12.Nc1c(Br)c(-c2ccc(CC(=O)O)cc2)nc2c(-c3ccc(-c4cccnc4)nc3)cnn12.Nc1c(Br)c(-c2ccc(CC(=O)O)cc2)nc2c(-c3cnn(-c4ccccc4)c3)cnn12. The van der Waals surface area contributed by atoms with Gasteiger partial charge in [0.1, 0.15) is 23.3 Å². The molecular weight excluding hydrogens is 1890 g/mol. The van der Waals surface area contributed by atoms with E-state index >= 15 is 0 Å². The Morgan fingerprint density at radius 1 is 0.297 bits per heavy atom. The van der Waals surface area contributed by atoms with Gasteiger partial charge in [0.05, 0.1) is 125 Å². The van der Waals surface area contributed by atoms with Crippen LogP contribution in [-0.2, 0) is 22.4 Å². The molecule has 0 amide bonds. The van der Waals surface area contributed by atoms with Crippen molar-refractivity contribution in [2.75, 3.05) is 22.9 Å². The molecule has 6 aromatic carbocycles. The molecule has 0 spiro atoms. The maximum Gasteiger partial charge on any atom is 0.335 e. The second-order valence-corrected chi connectivity index (χ2v) is 31.7. The van der Waals surface area contributed by atoms with E-state index in [1.54, 1.807) is 150 Å². The number of carbonyl (C=O) groups is 4. The number of carboxylic acids is 4. The molecule has 0 bridgehead atoms. The molecule has 0 radical (unpaired) electrons. The molecule has 12 N–H and O–H groups in total. The molecule has 0 aliphatic heterocycles. The lowest BCUT2D eigenvalue weighted by Gasteiger charge is -2.10. The number of aliphatic carboxylic acids is 2. The maximum atomic E-state index is 11.2. The van der Waals surface area contributed by atoms with E-state index in [4.69, 9.17) is 63.3 Å². The molecule has 0 atom stereocenters. The number of anilines is 4. The minimum absolute atomic E-state index is 0.0335. The number of rotatable bonds is 18. The van der Waals surface area contributed by atoms with Crippen LogP contribution in [0.3, 0.4) is 0 Å². The summed E-state index contributed by atoms with van der Waals surface area (Å²) < 4.78 is 12.3. The summed E-state index contributed by atoms with van der Waals surface area (Å²) in [7, 11) is 0. The Morgan fingerprint density at radius 3 is 0.867 bits per heavy atom. The second kappa shape index (κ2) is 36.3. The average molecular weight is 1950 g/mol. The number of halogens is 4. The van der Waals surface area contributed by atoms with Crippen molar-refractivity contribution in [1.29, 1.82) is 0 Å². The largest absolute Gasteiger partial charge is 0.481 e. The molecule has 14 heterocycles. The minimum atomic E-state index is -0.987. The number of carboxylic acid groups (broad SMARTS) is 4. The number of fused-ring (bicyclic) bond motifs is 4. The van der Waals surface area contributed by atoms with Gasteiger partial charge in [0.15, 0.2) is 22.6 Å². The number of aromatic carboxylic acids is 2. The van der Waals surface area contributed by atoms with Crippen molar-refractivity contribution in [3.63, 3.8) is 0 Å². The monoisotopic (exact) mass is 1950 g/mol. The maximum absolute atomic E-state index is 11.2. The van der Waals surface area contributed by atoms with Crippen molar-refractivity contribution in [3.8, 4) is 123 Å². The highest BCUT2D eigenvalue weighted by Gasteiger charge is 2.25. The molecule has 128 heavy (non-hydrogen) atoms. The van der Waals surface area contributed by atoms with Gasteiger partial charge >= 0.3 is 23.9 Å². The van der Waals surface area contributed by atoms with E-state index in [1.165, 1.54) is 24.3 Å². The van der Waals surface area contributed by atoms with Crippen molar-refractivity contribution >= 4 is 133 Å². The third kappa shape index (κ3) is 17.3. The first-order valence-corrected chi connectivity index (χ1v) is 41.8. The number of hydrogen-bond acceptors (Lipinski definition) is 22. The fraction of sp³-hybridized carbons (Fsp3) is 0.0217. The molecule has 0 saturated heterocycles. The van der Waals surface area contributed by atoms with Crippen LogP contribution in [0.15, 0.2) is 311 Å². The summed E-state index contributed by atoms with van der Waals surface area (Å²) in [5, 5.41) is 62.8. The summed E-state index contributed by atoms with van der Waals surface area (Å²) >= 11 is 14.1. The third-order valence-electron chi connectivity index (χ3n) is 20.4. The van der Waals surface area contributed by atoms with Crippen molar-refractivity contribution in [3.05, 3.63) is 333 Å². The van der Waals surface area contributed by atoms with Crippen LogP contribution in [0, 0.1) is 0 Å². The van der Waals surface area contributed by atoms with E-state index in [-0.39, 0.29) is 24.0 Å². The molecule has 0 fully saturated rings. The summed E-state index contributed by atoms with van der Waals surface area (Å²) in [6.45, 7) is 0. The van der Waals surface area contributed by atoms with E-state index in [0.29, 0.717) is 97.7 Å². The third-order valence-corrected chi connectivity index (χ3v) is 23.5. The minimum Gasteiger partial charge on any atom is -0.481 e. The van der Waals surface area contributed by atoms with E-state index in [0.717, 1.165) is 101 Å². The number of nitrogen functional groups attached to an aromatic ring is 4. The summed E-state index contributed by atoms with van der Waals surface area (Å²) in [6, 6.07) is 62.4. The topological polar surface area (TPSA) is 461 Å². The highest BCUT2D eigenvalue weighted by atomic mass is 79.9. The molecule has 20 aromatic rings. The zero-order valence-corrected chi connectivity index (χ0v) is 72.7. The van der Waals surface area contributed by atoms with Crippen LogP contribution in [0.1, 0.15) is 31.8 Å². The summed E-state index contributed by atoms with van der Waals surface area (Å²) in [5.41, 5.74) is 47.0. The lowest BCUT2D eigenvalue weighted by Crippen LogP contribution is -2.04. The number of hydrogen-bond donors (Lipinski definition) is 8. The summed E-state index contributed by atoms with van der Waals surface area (Å²) in [5.74, 6) is -2.11. The Hall–Kier alpha value is -16.2. The smallest absolute Gasteiger partial charge is 0.335 e. The first-order chi connectivity index (χ1) is 62.1. The second-order valence-electron chi connectivity index (χ2n) is 28.5. The Bertz CT molecular complexity index is 7580. The zero-order valence-electron chi connectivity index (χ0n) is 66.3. The summed E-state index contributed by atoms with van der Waals surface area (Å²) in [6.07, 6.45) is 24.6. The Labute approximate surface area is 757 Å². The van der Waals surface area contributed by atoms with E-state index in [9.17, 15) is 19.2 Å². The standard InChI is InChI=1S/C24H17BrN6O2.C23H15BrN6O2.C23H17BrN6O2.C22H15BrN6O2/c25-21-22(15-5-3-14(4-6-15)10-20(32)33)30-24-18(13-29-31(24)23(21)26)16-7-8-19(28-12-16)17-2-1-9-27-11-17;24-19-20(13-3-5-14(6-4-13)23(31)32)29-22-17(12-28-30(22)21(19)25)15-7-8-18(27-11-15)16-2-1-9-26-10-16;24-20-21(15-8-6-14(7-9-15)10-19(31)32)28-23-18(12-27-30(23)22(20)25)16-11-26-29(13-16)17-4-2-1-3-5-17;23-18-19(13-6-8-14(9-7-13)22(30)31)27-21-17(11-26-29(21)20(18)24)15-10-25-28(12-15)16-4-2-1-3-5-16/h1-9,11-13H,10,26H2,(H,32,33);1-12H,25H2,(H,31,32);1-9,11-13H,10,25H2,(H,31,32);1-12H,24H2,(H,30,31). The fourth-order valence-corrected chi connectivity index (χ4v) is 15.8. The highest BCUT2D eigenvalue weighted by Crippen LogP contribution is 2.41. The lowest BCUT2D eigenvalue weighted by molar-refractivity contribution is -0.137. The van der Waals surface area contributed by atoms with Gasteiger partial charge in [0.2, 0.25) is 0 Å². The molecule has 0 aliphatic carbocycles. The first-order valence-electron chi connectivity index (χ1n) is 38.6.